The Hall–Kier alpha value is -1.79. The van der Waals surface area contributed by atoms with Crippen LogP contribution in [0.1, 0.15) is 39.5 Å². The Morgan fingerprint density at radius 2 is 1.84 bits per heavy atom. The molecular formula is C12H21N3O4. The molecule has 4 N–H and O–H groups in total. The summed E-state index contributed by atoms with van der Waals surface area (Å²) in [4.78, 5) is 35.5. The lowest BCUT2D eigenvalue weighted by molar-refractivity contribution is -0.138. The van der Waals surface area contributed by atoms with Gasteiger partial charge in [-0.15, -0.1) is 0 Å². The van der Waals surface area contributed by atoms with Crippen molar-refractivity contribution in [2.45, 2.75) is 51.1 Å². The van der Waals surface area contributed by atoms with Crippen LogP contribution >= 0.6 is 0 Å². The summed E-state index contributed by atoms with van der Waals surface area (Å²) in [6.07, 6.45) is 3.54. The molecule has 0 spiro atoms. The van der Waals surface area contributed by atoms with Gasteiger partial charge in [-0.1, -0.05) is 12.8 Å². The van der Waals surface area contributed by atoms with Crippen molar-refractivity contribution < 1.29 is 19.5 Å². The molecule has 0 heterocycles. The SMILES string of the molecule is CC(C)(NC(=O)N(CC(=O)O)C1CCCC1)C(N)=O. The molecule has 7 nitrogen and oxygen atoms in total. The zero-order chi connectivity index (χ0) is 14.6. The number of amides is 3. The molecular weight excluding hydrogens is 250 g/mol. The molecule has 0 aliphatic heterocycles. The van der Waals surface area contributed by atoms with E-state index in [2.05, 4.69) is 5.32 Å². The largest absolute Gasteiger partial charge is 0.480 e. The zero-order valence-electron chi connectivity index (χ0n) is 11.3. The molecule has 1 fully saturated rings. The van der Waals surface area contributed by atoms with E-state index in [1.54, 1.807) is 0 Å². The Morgan fingerprint density at radius 1 is 1.32 bits per heavy atom. The van der Waals surface area contributed by atoms with E-state index in [-0.39, 0.29) is 12.6 Å². The predicted octanol–water partition coefficient (Wildman–Crippen LogP) is 0.289. The van der Waals surface area contributed by atoms with Crippen LogP contribution in [0.4, 0.5) is 4.79 Å². The van der Waals surface area contributed by atoms with Crippen molar-refractivity contribution in [3.05, 3.63) is 0 Å². The highest BCUT2D eigenvalue weighted by Gasteiger charge is 2.33. The topological polar surface area (TPSA) is 113 Å². The third-order valence-electron chi connectivity index (χ3n) is 3.37. The minimum Gasteiger partial charge on any atom is -0.480 e. The van der Waals surface area contributed by atoms with Crippen molar-refractivity contribution in [3.63, 3.8) is 0 Å². The van der Waals surface area contributed by atoms with Gasteiger partial charge in [-0.3, -0.25) is 9.59 Å². The maximum absolute atomic E-state index is 12.1. The molecule has 1 aliphatic rings. The minimum absolute atomic E-state index is 0.0835. The smallest absolute Gasteiger partial charge is 0.323 e. The number of rotatable bonds is 5. The molecule has 0 saturated heterocycles. The van der Waals surface area contributed by atoms with Crippen molar-refractivity contribution in [3.8, 4) is 0 Å². The number of carboxylic acids is 1. The minimum atomic E-state index is -1.20. The summed E-state index contributed by atoms with van der Waals surface area (Å²) in [6.45, 7) is 2.60. The quantitative estimate of drug-likeness (QED) is 0.667. The van der Waals surface area contributed by atoms with E-state index in [9.17, 15) is 14.4 Å². The van der Waals surface area contributed by atoms with E-state index in [1.165, 1.54) is 18.7 Å². The monoisotopic (exact) mass is 271 g/mol. The van der Waals surface area contributed by atoms with Gasteiger partial charge in [0.2, 0.25) is 5.91 Å². The number of primary amides is 1. The van der Waals surface area contributed by atoms with Crippen LogP contribution in [0.5, 0.6) is 0 Å². The number of carbonyl (C=O) groups excluding carboxylic acids is 2. The lowest BCUT2D eigenvalue weighted by atomic mass is 10.1. The van der Waals surface area contributed by atoms with E-state index >= 15 is 0 Å². The summed E-state index contributed by atoms with van der Waals surface area (Å²) in [7, 11) is 0. The fourth-order valence-electron chi connectivity index (χ4n) is 2.13. The second-order valence-electron chi connectivity index (χ2n) is 5.38. The van der Waals surface area contributed by atoms with Gasteiger partial charge in [-0.25, -0.2) is 4.79 Å². The Kier molecular flexibility index (Phi) is 4.74. The van der Waals surface area contributed by atoms with Crippen LogP contribution in [0.3, 0.4) is 0 Å². The van der Waals surface area contributed by atoms with Gasteiger partial charge in [0.1, 0.15) is 12.1 Å². The number of hydrogen-bond donors (Lipinski definition) is 3. The lowest BCUT2D eigenvalue weighted by Crippen LogP contribution is -2.58. The average molecular weight is 271 g/mol. The van der Waals surface area contributed by atoms with Crippen LogP contribution in [0.15, 0.2) is 0 Å². The van der Waals surface area contributed by atoms with Gasteiger partial charge in [-0.2, -0.15) is 0 Å². The maximum Gasteiger partial charge on any atom is 0.323 e. The van der Waals surface area contributed by atoms with Crippen LogP contribution in [0, 0.1) is 0 Å². The number of nitrogens with zero attached hydrogens (tertiary/aromatic N) is 1. The standard InChI is InChI=1S/C12H21N3O4/c1-12(2,10(13)18)14-11(19)15(7-9(16)17)8-5-3-4-6-8/h8H,3-7H2,1-2H3,(H2,13,18)(H,14,19)(H,16,17). The molecule has 0 aromatic rings. The summed E-state index contributed by atoms with van der Waals surface area (Å²) in [5.74, 6) is -1.73. The highest BCUT2D eigenvalue weighted by Crippen LogP contribution is 2.23. The summed E-state index contributed by atoms with van der Waals surface area (Å²) in [5.41, 5.74) is 3.98. The van der Waals surface area contributed by atoms with Crippen LogP contribution in [-0.4, -0.2) is 46.0 Å². The Bertz CT molecular complexity index is 375. The normalized spacial score (nSPS) is 16.1. The third kappa shape index (κ3) is 4.11. The van der Waals surface area contributed by atoms with E-state index in [4.69, 9.17) is 10.8 Å². The number of hydrogen-bond acceptors (Lipinski definition) is 3. The zero-order valence-corrected chi connectivity index (χ0v) is 11.3. The molecule has 1 saturated carbocycles. The number of nitrogens with one attached hydrogen (secondary N) is 1. The van der Waals surface area contributed by atoms with Gasteiger partial charge in [0.05, 0.1) is 0 Å². The first-order valence-corrected chi connectivity index (χ1v) is 6.34. The molecule has 0 bridgehead atoms. The molecule has 0 aromatic carbocycles. The van der Waals surface area contributed by atoms with Crippen molar-refractivity contribution >= 4 is 17.9 Å². The predicted molar refractivity (Wildman–Crippen MR) is 68.4 cm³/mol. The van der Waals surface area contributed by atoms with Gasteiger partial charge in [0.25, 0.3) is 0 Å². The second-order valence-corrected chi connectivity index (χ2v) is 5.38. The number of nitrogens with two attached hydrogens (primary N) is 1. The highest BCUT2D eigenvalue weighted by molar-refractivity contribution is 5.90. The fraction of sp³-hybridized carbons (Fsp3) is 0.750. The van der Waals surface area contributed by atoms with E-state index in [1.807, 2.05) is 0 Å². The first kappa shape index (κ1) is 15.3. The number of aliphatic carboxylic acids is 1. The number of carboxylic acid groups (broad SMARTS) is 1. The summed E-state index contributed by atoms with van der Waals surface area (Å²) >= 11 is 0. The van der Waals surface area contributed by atoms with Crippen LogP contribution in [0.2, 0.25) is 0 Å². The average Bonchev–Trinajstić information content (AvgIpc) is 2.77. The first-order chi connectivity index (χ1) is 8.74. The highest BCUT2D eigenvalue weighted by atomic mass is 16.4. The van der Waals surface area contributed by atoms with Gasteiger partial charge < -0.3 is 21.1 Å². The molecule has 0 radical (unpaired) electrons. The summed E-state index contributed by atoms with van der Waals surface area (Å²) in [6, 6.07) is -0.641. The molecule has 3 amide bonds. The van der Waals surface area contributed by atoms with Crippen molar-refractivity contribution in [1.29, 1.82) is 0 Å². The molecule has 0 aromatic heterocycles. The summed E-state index contributed by atoms with van der Waals surface area (Å²) < 4.78 is 0. The van der Waals surface area contributed by atoms with Gasteiger partial charge in [0, 0.05) is 6.04 Å². The Morgan fingerprint density at radius 3 is 2.26 bits per heavy atom. The Labute approximate surface area is 112 Å². The van der Waals surface area contributed by atoms with Crippen LogP contribution < -0.4 is 11.1 Å². The molecule has 0 atom stereocenters. The summed E-state index contributed by atoms with van der Waals surface area (Å²) in [5, 5.41) is 11.4. The van der Waals surface area contributed by atoms with Crippen molar-refractivity contribution in [1.82, 2.24) is 10.2 Å². The first-order valence-electron chi connectivity index (χ1n) is 6.34. The molecule has 0 unspecified atom stereocenters. The number of urea groups is 1. The molecule has 7 heteroatoms. The van der Waals surface area contributed by atoms with Crippen LogP contribution in [-0.2, 0) is 9.59 Å². The fourth-order valence-corrected chi connectivity index (χ4v) is 2.13. The molecule has 108 valence electrons. The van der Waals surface area contributed by atoms with Crippen molar-refractivity contribution in [2.24, 2.45) is 5.73 Å². The van der Waals surface area contributed by atoms with Gasteiger partial charge in [-0.05, 0) is 26.7 Å². The second kappa shape index (κ2) is 5.90. The maximum atomic E-state index is 12.1. The Balaban J connectivity index is 2.76. The molecule has 19 heavy (non-hydrogen) atoms. The van der Waals surface area contributed by atoms with Crippen molar-refractivity contribution in [2.75, 3.05) is 6.54 Å². The van der Waals surface area contributed by atoms with Gasteiger partial charge in [0.15, 0.2) is 0 Å². The molecule has 1 rings (SSSR count). The third-order valence-corrected chi connectivity index (χ3v) is 3.37. The number of carbonyl (C=O) groups is 3. The van der Waals surface area contributed by atoms with Gasteiger partial charge >= 0.3 is 12.0 Å². The van der Waals surface area contributed by atoms with E-state index in [0.717, 1.165) is 25.7 Å². The van der Waals surface area contributed by atoms with E-state index in [0.29, 0.717) is 0 Å². The lowest BCUT2D eigenvalue weighted by Gasteiger charge is -2.31. The molecule has 1 aliphatic carbocycles. The van der Waals surface area contributed by atoms with Crippen LogP contribution in [0.25, 0.3) is 0 Å². The van der Waals surface area contributed by atoms with E-state index < -0.39 is 23.4 Å².